The highest BCUT2D eigenvalue weighted by molar-refractivity contribution is 6.69. The average Bonchev–Trinajstić information content (AvgIpc) is 2.57. The number of aromatic nitrogens is 1. The highest BCUT2D eigenvalue weighted by atomic mass is 35.5. The molecule has 0 bridgehead atoms. The molecule has 2 rings (SSSR count). The van der Waals surface area contributed by atoms with Crippen molar-refractivity contribution >= 4 is 16.8 Å². The van der Waals surface area contributed by atoms with Crippen LogP contribution in [0.2, 0.25) is 0 Å². The van der Waals surface area contributed by atoms with Gasteiger partial charge in [0.25, 0.3) is 0 Å². The minimum atomic E-state index is 0.564. The summed E-state index contributed by atoms with van der Waals surface area (Å²) in [6, 6.07) is 2.00. The fraction of sp³-hybridized carbons (Fsp3) is 0.500. The molecule has 70 valence electrons. The normalized spacial score (nSPS) is 26.9. The maximum absolute atomic E-state index is 6.06. The molecule has 0 spiro atoms. The third-order valence-electron chi connectivity index (χ3n) is 2.54. The second kappa shape index (κ2) is 3.54. The van der Waals surface area contributed by atoms with Crippen molar-refractivity contribution in [2.24, 2.45) is 4.99 Å². The highest BCUT2D eigenvalue weighted by Crippen LogP contribution is 2.26. The molecule has 1 aliphatic rings. The number of nitrogens with zero attached hydrogens (tertiary/aromatic N) is 1. The smallest absolute Gasteiger partial charge is 0.132 e. The van der Waals surface area contributed by atoms with Gasteiger partial charge in [0.2, 0.25) is 0 Å². The summed E-state index contributed by atoms with van der Waals surface area (Å²) in [5.74, 6) is 0.564. The van der Waals surface area contributed by atoms with Crippen molar-refractivity contribution in [2.75, 3.05) is 6.54 Å². The zero-order valence-electron chi connectivity index (χ0n) is 7.68. The van der Waals surface area contributed by atoms with Crippen LogP contribution in [0.15, 0.2) is 17.3 Å². The molecule has 0 amide bonds. The molecular formula is C10H13ClN2. The molecule has 1 aromatic rings. The Balaban J connectivity index is 2.45. The quantitative estimate of drug-likeness (QED) is 0.661. The third kappa shape index (κ3) is 1.63. The number of aliphatic imine (C=N–C) groups is 1. The maximum atomic E-state index is 6.06. The standard InChI is InChI=1S/C10H13ClN2/c1-7-3-2-5-13-10(11)8-4-6-12-9(7)8/h4,6-7,12H,2-3,5H2,1H3/b13-10+. The lowest BCUT2D eigenvalue weighted by atomic mass is 9.98. The highest BCUT2D eigenvalue weighted by Gasteiger charge is 2.16. The van der Waals surface area contributed by atoms with E-state index in [0.29, 0.717) is 11.1 Å². The Hall–Kier alpha value is -0.760. The summed E-state index contributed by atoms with van der Waals surface area (Å²) < 4.78 is 0. The molecule has 1 N–H and O–H groups in total. The summed E-state index contributed by atoms with van der Waals surface area (Å²) in [6.07, 6.45) is 4.24. The van der Waals surface area contributed by atoms with E-state index in [-0.39, 0.29) is 0 Å². The van der Waals surface area contributed by atoms with Crippen LogP contribution in [0.4, 0.5) is 0 Å². The molecule has 1 atom stereocenters. The van der Waals surface area contributed by atoms with E-state index in [0.717, 1.165) is 18.5 Å². The molecule has 1 unspecified atom stereocenters. The van der Waals surface area contributed by atoms with Gasteiger partial charge in [0.05, 0.1) is 0 Å². The van der Waals surface area contributed by atoms with Gasteiger partial charge < -0.3 is 4.98 Å². The molecule has 2 heterocycles. The van der Waals surface area contributed by atoms with Gasteiger partial charge in [-0.3, -0.25) is 4.99 Å². The zero-order valence-corrected chi connectivity index (χ0v) is 8.43. The Labute approximate surface area is 83.0 Å². The number of rotatable bonds is 0. The maximum Gasteiger partial charge on any atom is 0.132 e. The third-order valence-corrected chi connectivity index (χ3v) is 2.86. The van der Waals surface area contributed by atoms with Crippen LogP contribution in [0.25, 0.3) is 0 Å². The Morgan fingerprint density at radius 3 is 3.31 bits per heavy atom. The first-order valence-electron chi connectivity index (χ1n) is 4.66. The van der Waals surface area contributed by atoms with Crippen molar-refractivity contribution < 1.29 is 0 Å². The van der Waals surface area contributed by atoms with E-state index >= 15 is 0 Å². The molecule has 0 aromatic carbocycles. The van der Waals surface area contributed by atoms with Crippen LogP contribution in [0.1, 0.15) is 36.9 Å². The summed E-state index contributed by atoms with van der Waals surface area (Å²) in [5.41, 5.74) is 2.31. The van der Waals surface area contributed by atoms with Gasteiger partial charge in [-0.1, -0.05) is 18.5 Å². The van der Waals surface area contributed by atoms with Gasteiger partial charge in [-0.15, -0.1) is 0 Å². The monoisotopic (exact) mass is 196 g/mol. The van der Waals surface area contributed by atoms with Gasteiger partial charge in [-0.2, -0.15) is 0 Å². The molecule has 2 nitrogen and oxygen atoms in total. The molecule has 0 aliphatic carbocycles. The van der Waals surface area contributed by atoms with Gasteiger partial charge in [0.1, 0.15) is 5.17 Å². The van der Waals surface area contributed by atoms with Crippen molar-refractivity contribution in [1.29, 1.82) is 0 Å². The summed E-state index contributed by atoms with van der Waals surface area (Å²) in [6.45, 7) is 3.08. The lowest BCUT2D eigenvalue weighted by Gasteiger charge is -2.14. The number of H-pyrrole nitrogens is 1. The summed E-state index contributed by atoms with van der Waals surface area (Å²) in [4.78, 5) is 7.53. The number of aromatic amines is 1. The van der Waals surface area contributed by atoms with E-state index in [9.17, 15) is 0 Å². The van der Waals surface area contributed by atoms with Crippen molar-refractivity contribution in [1.82, 2.24) is 4.98 Å². The van der Waals surface area contributed by atoms with E-state index in [4.69, 9.17) is 11.6 Å². The van der Waals surface area contributed by atoms with Gasteiger partial charge >= 0.3 is 0 Å². The fourth-order valence-corrected chi connectivity index (χ4v) is 2.02. The molecular weight excluding hydrogens is 184 g/mol. The lowest BCUT2D eigenvalue weighted by molar-refractivity contribution is 0.625. The molecule has 0 radical (unpaired) electrons. The minimum absolute atomic E-state index is 0.564. The van der Waals surface area contributed by atoms with Crippen molar-refractivity contribution in [3.8, 4) is 0 Å². The predicted octanol–water partition coefficient (Wildman–Crippen LogP) is 2.90. The molecule has 0 fully saturated rings. The molecule has 3 heteroatoms. The SMILES string of the molecule is CC1CCC/N=C(/Cl)c2cc[nH]c21. The first kappa shape index (κ1) is 8.82. The van der Waals surface area contributed by atoms with E-state index in [1.165, 1.54) is 12.1 Å². The van der Waals surface area contributed by atoms with Gasteiger partial charge in [0, 0.05) is 24.0 Å². The van der Waals surface area contributed by atoms with Crippen LogP contribution in [-0.2, 0) is 0 Å². The molecule has 13 heavy (non-hydrogen) atoms. The van der Waals surface area contributed by atoms with Crippen LogP contribution in [-0.4, -0.2) is 16.7 Å². The van der Waals surface area contributed by atoms with Crippen molar-refractivity contribution in [2.45, 2.75) is 25.7 Å². The molecule has 1 aliphatic heterocycles. The largest absolute Gasteiger partial charge is 0.364 e. The number of nitrogens with one attached hydrogen (secondary N) is 1. The number of fused-ring (bicyclic) bond motifs is 1. The predicted molar refractivity (Wildman–Crippen MR) is 55.7 cm³/mol. The van der Waals surface area contributed by atoms with Crippen LogP contribution < -0.4 is 0 Å². The second-order valence-electron chi connectivity index (χ2n) is 3.52. The van der Waals surface area contributed by atoms with E-state index in [2.05, 4.69) is 16.9 Å². The topological polar surface area (TPSA) is 28.1 Å². The van der Waals surface area contributed by atoms with E-state index in [1.54, 1.807) is 0 Å². The van der Waals surface area contributed by atoms with Gasteiger partial charge in [-0.25, -0.2) is 0 Å². The van der Waals surface area contributed by atoms with Gasteiger partial charge in [0.15, 0.2) is 0 Å². The van der Waals surface area contributed by atoms with Crippen LogP contribution in [0, 0.1) is 0 Å². The van der Waals surface area contributed by atoms with Crippen molar-refractivity contribution in [3.63, 3.8) is 0 Å². The Kier molecular flexibility index (Phi) is 2.40. The number of hydrogen-bond donors (Lipinski definition) is 1. The Morgan fingerprint density at radius 1 is 1.62 bits per heavy atom. The average molecular weight is 197 g/mol. The van der Waals surface area contributed by atoms with Gasteiger partial charge in [-0.05, 0) is 24.8 Å². The number of halogens is 1. The summed E-state index contributed by atoms with van der Waals surface area (Å²) >= 11 is 6.06. The van der Waals surface area contributed by atoms with E-state index in [1.807, 2.05) is 12.3 Å². The summed E-state index contributed by atoms with van der Waals surface area (Å²) in [5, 5.41) is 0.655. The first-order valence-corrected chi connectivity index (χ1v) is 5.04. The molecule has 0 saturated carbocycles. The lowest BCUT2D eigenvalue weighted by Crippen LogP contribution is -2.06. The molecule has 0 saturated heterocycles. The first-order chi connectivity index (χ1) is 6.29. The fourth-order valence-electron chi connectivity index (χ4n) is 1.77. The summed E-state index contributed by atoms with van der Waals surface area (Å²) in [7, 11) is 0. The Bertz CT molecular complexity index is 327. The van der Waals surface area contributed by atoms with Crippen molar-refractivity contribution in [3.05, 3.63) is 23.5 Å². The van der Waals surface area contributed by atoms with Crippen LogP contribution >= 0.6 is 11.6 Å². The molecule has 1 aromatic heterocycles. The zero-order chi connectivity index (χ0) is 9.26. The number of hydrogen-bond acceptors (Lipinski definition) is 1. The second-order valence-corrected chi connectivity index (χ2v) is 3.88. The van der Waals surface area contributed by atoms with E-state index < -0.39 is 0 Å². The minimum Gasteiger partial charge on any atom is -0.364 e. The van der Waals surface area contributed by atoms with Crippen LogP contribution in [0.3, 0.4) is 0 Å². The Morgan fingerprint density at radius 2 is 2.46 bits per heavy atom. The van der Waals surface area contributed by atoms with Crippen LogP contribution in [0.5, 0.6) is 0 Å².